The van der Waals surface area contributed by atoms with Crippen molar-refractivity contribution in [2.45, 2.75) is 52.1 Å². The lowest BCUT2D eigenvalue weighted by Crippen LogP contribution is -2.31. The molecule has 0 saturated carbocycles. The molecule has 1 aromatic rings. The maximum atomic E-state index is 4.71. The molecular weight excluding hydrogens is 246 g/mol. The fourth-order valence-corrected chi connectivity index (χ4v) is 3.14. The van der Waals surface area contributed by atoms with Crippen LogP contribution in [0.2, 0.25) is 0 Å². The van der Waals surface area contributed by atoms with E-state index in [0.717, 1.165) is 6.54 Å². The topological polar surface area (TPSA) is 19.4 Å². The van der Waals surface area contributed by atoms with Gasteiger partial charge in [0.2, 0.25) is 0 Å². The molecule has 0 unspecified atom stereocenters. The first-order valence-electron chi connectivity index (χ1n) is 7.62. The molecule has 2 heterocycles. The summed E-state index contributed by atoms with van der Waals surface area (Å²) in [5.41, 5.74) is 4.01. The molecular formula is C17H29N3. The lowest BCUT2D eigenvalue weighted by Gasteiger charge is -2.22. The predicted octanol–water partition coefficient (Wildman–Crippen LogP) is 2.82. The molecule has 0 N–H and O–H groups in total. The van der Waals surface area contributed by atoms with Crippen LogP contribution in [0.5, 0.6) is 0 Å². The smallest absolute Gasteiger partial charge is 0.0486 e. The van der Waals surface area contributed by atoms with Gasteiger partial charge >= 0.3 is 0 Å². The van der Waals surface area contributed by atoms with Gasteiger partial charge in [0.1, 0.15) is 0 Å². The monoisotopic (exact) mass is 275 g/mol. The van der Waals surface area contributed by atoms with Gasteiger partial charge in [-0.25, -0.2) is 0 Å². The van der Waals surface area contributed by atoms with Crippen LogP contribution in [0.25, 0.3) is 0 Å². The van der Waals surface area contributed by atoms with Crippen molar-refractivity contribution < 1.29 is 0 Å². The predicted molar refractivity (Wildman–Crippen MR) is 85.0 cm³/mol. The molecule has 0 bridgehead atoms. The highest BCUT2D eigenvalue weighted by atomic mass is 15.2. The van der Waals surface area contributed by atoms with Gasteiger partial charge in [-0.3, -0.25) is 9.88 Å². The summed E-state index contributed by atoms with van der Waals surface area (Å²) in [5, 5.41) is 0. The van der Waals surface area contributed by atoms with Crippen molar-refractivity contribution >= 4 is 0 Å². The largest absolute Gasteiger partial charge is 0.305 e. The third-order valence-electron chi connectivity index (χ3n) is 4.23. The van der Waals surface area contributed by atoms with E-state index in [1.165, 1.54) is 36.3 Å². The Hall–Kier alpha value is -0.930. The quantitative estimate of drug-likeness (QED) is 0.845. The van der Waals surface area contributed by atoms with E-state index in [0.29, 0.717) is 6.04 Å². The van der Waals surface area contributed by atoms with Crippen LogP contribution in [-0.4, -0.2) is 48.0 Å². The number of aryl methyl sites for hydroxylation is 1. The fraction of sp³-hybridized carbons (Fsp3) is 0.706. The fourth-order valence-electron chi connectivity index (χ4n) is 3.14. The molecule has 0 radical (unpaired) electrons. The Bertz CT molecular complexity index is 460. The summed E-state index contributed by atoms with van der Waals surface area (Å²) in [6, 6.07) is 3.02. The van der Waals surface area contributed by atoms with Crippen molar-refractivity contribution in [2.24, 2.45) is 0 Å². The summed E-state index contributed by atoms with van der Waals surface area (Å²) < 4.78 is 0. The van der Waals surface area contributed by atoms with E-state index < -0.39 is 0 Å². The highest BCUT2D eigenvalue weighted by Crippen LogP contribution is 2.24. The summed E-state index contributed by atoms with van der Waals surface area (Å²) in [4.78, 5) is 9.59. The molecule has 112 valence electrons. The molecule has 1 atom stereocenters. The van der Waals surface area contributed by atoms with Crippen LogP contribution in [0.1, 0.15) is 44.0 Å². The molecule has 1 aliphatic heterocycles. The van der Waals surface area contributed by atoms with Gasteiger partial charge in [-0.05, 0) is 38.6 Å². The van der Waals surface area contributed by atoms with Crippen molar-refractivity contribution in [1.82, 2.24) is 14.8 Å². The normalized spacial score (nSPS) is 20.9. The SMILES string of the molecule is Cc1cc(CN2CC[C@@H](N(C)C)C2)cnc1C(C)(C)C. The van der Waals surface area contributed by atoms with E-state index in [4.69, 9.17) is 4.98 Å². The number of nitrogens with zero attached hydrogens (tertiary/aromatic N) is 3. The van der Waals surface area contributed by atoms with Gasteiger partial charge in [0.15, 0.2) is 0 Å². The molecule has 0 aromatic carbocycles. The Kier molecular flexibility index (Phi) is 4.50. The lowest BCUT2D eigenvalue weighted by atomic mass is 9.88. The van der Waals surface area contributed by atoms with Gasteiger partial charge in [-0.2, -0.15) is 0 Å². The maximum Gasteiger partial charge on any atom is 0.0486 e. The number of hydrogen-bond acceptors (Lipinski definition) is 3. The number of likely N-dealkylation sites (tertiary alicyclic amines) is 1. The van der Waals surface area contributed by atoms with E-state index in [1.54, 1.807) is 0 Å². The number of pyridine rings is 1. The van der Waals surface area contributed by atoms with Crippen LogP contribution in [-0.2, 0) is 12.0 Å². The third kappa shape index (κ3) is 3.58. The van der Waals surface area contributed by atoms with E-state index in [1.807, 2.05) is 0 Å². The molecule has 1 aromatic heterocycles. The Balaban J connectivity index is 2.03. The van der Waals surface area contributed by atoms with Crippen LogP contribution in [0, 0.1) is 6.92 Å². The van der Waals surface area contributed by atoms with Crippen LogP contribution in [0.15, 0.2) is 12.3 Å². The molecule has 1 saturated heterocycles. The molecule has 1 aliphatic rings. The number of likely N-dealkylation sites (N-methyl/N-ethyl adjacent to an activating group) is 1. The molecule has 0 amide bonds. The van der Waals surface area contributed by atoms with Crippen LogP contribution in [0.4, 0.5) is 0 Å². The van der Waals surface area contributed by atoms with E-state index in [-0.39, 0.29) is 5.41 Å². The van der Waals surface area contributed by atoms with E-state index in [2.05, 4.69) is 63.9 Å². The molecule has 1 fully saturated rings. The van der Waals surface area contributed by atoms with Gasteiger partial charge in [0.25, 0.3) is 0 Å². The van der Waals surface area contributed by atoms with Crippen molar-refractivity contribution in [3.05, 3.63) is 29.1 Å². The standard InChI is InChI=1S/C17H29N3/c1-13-9-14(10-18-16(13)17(2,3)4)11-20-8-7-15(12-20)19(5)6/h9-10,15H,7-8,11-12H2,1-6H3/t15-/m1/s1. The number of aromatic nitrogens is 1. The molecule has 20 heavy (non-hydrogen) atoms. The van der Waals surface area contributed by atoms with Gasteiger partial charge in [-0.15, -0.1) is 0 Å². The second kappa shape index (κ2) is 5.82. The summed E-state index contributed by atoms with van der Waals surface area (Å²) in [6.07, 6.45) is 3.34. The first-order chi connectivity index (χ1) is 9.27. The summed E-state index contributed by atoms with van der Waals surface area (Å²) in [7, 11) is 4.36. The molecule has 0 spiro atoms. The van der Waals surface area contributed by atoms with Gasteiger partial charge in [0, 0.05) is 43.0 Å². The summed E-state index contributed by atoms with van der Waals surface area (Å²) in [5.74, 6) is 0. The van der Waals surface area contributed by atoms with E-state index >= 15 is 0 Å². The van der Waals surface area contributed by atoms with Crippen LogP contribution in [0.3, 0.4) is 0 Å². The minimum atomic E-state index is 0.131. The average Bonchev–Trinajstić information content (AvgIpc) is 2.76. The zero-order valence-electron chi connectivity index (χ0n) is 13.9. The minimum Gasteiger partial charge on any atom is -0.305 e. The number of hydrogen-bond donors (Lipinski definition) is 0. The lowest BCUT2D eigenvalue weighted by molar-refractivity contribution is 0.264. The Morgan fingerprint density at radius 3 is 2.55 bits per heavy atom. The average molecular weight is 275 g/mol. The number of rotatable bonds is 3. The van der Waals surface area contributed by atoms with Crippen molar-refractivity contribution in [2.75, 3.05) is 27.2 Å². The third-order valence-corrected chi connectivity index (χ3v) is 4.23. The summed E-state index contributed by atoms with van der Waals surface area (Å²) >= 11 is 0. The van der Waals surface area contributed by atoms with Crippen molar-refractivity contribution in [3.63, 3.8) is 0 Å². The Morgan fingerprint density at radius 2 is 2.05 bits per heavy atom. The first-order valence-corrected chi connectivity index (χ1v) is 7.62. The Labute approximate surface area is 124 Å². The second-order valence-corrected chi connectivity index (χ2v) is 7.40. The van der Waals surface area contributed by atoms with Gasteiger partial charge in [0.05, 0.1) is 0 Å². The van der Waals surface area contributed by atoms with Gasteiger partial charge in [-0.1, -0.05) is 26.8 Å². The second-order valence-electron chi connectivity index (χ2n) is 7.40. The molecule has 3 heteroatoms. The zero-order valence-corrected chi connectivity index (χ0v) is 13.9. The molecule has 0 aliphatic carbocycles. The van der Waals surface area contributed by atoms with Crippen molar-refractivity contribution in [3.8, 4) is 0 Å². The van der Waals surface area contributed by atoms with Gasteiger partial charge < -0.3 is 4.90 Å². The van der Waals surface area contributed by atoms with E-state index in [9.17, 15) is 0 Å². The van der Waals surface area contributed by atoms with Crippen LogP contribution >= 0.6 is 0 Å². The van der Waals surface area contributed by atoms with Crippen molar-refractivity contribution in [1.29, 1.82) is 0 Å². The van der Waals surface area contributed by atoms with Crippen LogP contribution < -0.4 is 0 Å². The first kappa shape index (κ1) is 15.5. The highest BCUT2D eigenvalue weighted by molar-refractivity contribution is 5.28. The molecule has 3 nitrogen and oxygen atoms in total. The highest BCUT2D eigenvalue weighted by Gasteiger charge is 2.24. The molecule has 2 rings (SSSR count). The minimum absolute atomic E-state index is 0.131. The summed E-state index contributed by atoms with van der Waals surface area (Å²) in [6.45, 7) is 12.3. The Morgan fingerprint density at radius 1 is 1.35 bits per heavy atom. The zero-order chi connectivity index (χ0) is 14.9. The maximum absolute atomic E-state index is 4.71.